The second-order valence-corrected chi connectivity index (χ2v) is 20.1. The summed E-state index contributed by atoms with van der Waals surface area (Å²) in [6, 6.07) is 61.0. The van der Waals surface area contributed by atoms with Gasteiger partial charge >= 0.3 is 0 Å². The highest BCUT2D eigenvalue weighted by molar-refractivity contribution is 6.10. The quantitative estimate of drug-likeness (QED) is 0.155. The Kier molecular flexibility index (Phi) is 7.60. The Morgan fingerprint density at radius 2 is 0.769 bits per heavy atom. The minimum atomic E-state index is -0.475. The summed E-state index contributed by atoms with van der Waals surface area (Å²) in [7, 11) is 0. The van der Waals surface area contributed by atoms with Crippen molar-refractivity contribution in [3.05, 3.63) is 244 Å². The lowest BCUT2D eigenvalue weighted by Gasteiger charge is -2.31. The summed E-state index contributed by atoms with van der Waals surface area (Å²) in [5.74, 6) is 0. The maximum absolute atomic E-state index is 4.21. The monoisotopic (exact) mass is 830 g/mol. The first-order chi connectivity index (χ1) is 31.5. The van der Waals surface area contributed by atoms with Gasteiger partial charge in [-0.15, -0.1) is 0 Å². The average molecular weight is 831 g/mol. The summed E-state index contributed by atoms with van der Waals surface area (Å²) in [4.78, 5) is 0. The summed E-state index contributed by atoms with van der Waals surface area (Å²) in [5, 5.41) is 5.30. The Balaban J connectivity index is 1.02. The van der Waals surface area contributed by atoms with Crippen molar-refractivity contribution in [2.24, 2.45) is 0 Å². The van der Waals surface area contributed by atoms with Gasteiger partial charge in [-0.05, 0) is 194 Å². The van der Waals surface area contributed by atoms with Crippen LogP contribution in [-0.4, -0.2) is 0 Å². The number of allylic oxidation sites excluding steroid dienone is 4. The van der Waals surface area contributed by atoms with Gasteiger partial charge in [0.2, 0.25) is 0 Å². The Labute approximate surface area is 383 Å². The van der Waals surface area contributed by atoms with E-state index in [0.717, 1.165) is 0 Å². The van der Waals surface area contributed by atoms with Gasteiger partial charge in [-0.3, -0.25) is 0 Å². The highest BCUT2D eigenvalue weighted by atomic mass is 14.5. The van der Waals surface area contributed by atoms with Gasteiger partial charge in [-0.1, -0.05) is 174 Å². The molecule has 0 aliphatic heterocycles. The van der Waals surface area contributed by atoms with E-state index in [2.05, 4.69) is 212 Å². The zero-order valence-electron chi connectivity index (χ0n) is 38.1. The maximum Gasteiger partial charge on any atom is 0.0725 e. The van der Waals surface area contributed by atoms with Crippen LogP contribution in [0, 0.1) is 13.8 Å². The van der Waals surface area contributed by atoms with Gasteiger partial charge < -0.3 is 0 Å². The molecule has 4 aliphatic rings. The fourth-order valence-electron chi connectivity index (χ4n) is 13.2. The van der Waals surface area contributed by atoms with Crippen LogP contribution < -0.4 is 0 Å². The molecule has 0 saturated carbocycles. The lowest BCUT2D eigenvalue weighted by atomic mass is 9.69. The van der Waals surface area contributed by atoms with Crippen molar-refractivity contribution in [3.8, 4) is 55.6 Å². The molecule has 0 aromatic heterocycles. The largest absolute Gasteiger partial charge is 0.0987 e. The number of hydrogen-bond donors (Lipinski definition) is 0. The predicted molar refractivity (Wildman–Crippen MR) is 276 cm³/mol. The number of fused-ring (bicyclic) bond motifs is 16. The molecule has 9 aromatic rings. The Morgan fingerprint density at radius 1 is 0.338 bits per heavy atom. The first-order valence-electron chi connectivity index (χ1n) is 23.2. The number of rotatable bonds is 4. The van der Waals surface area contributed by atoms with Crippen molar-refractivity contribution in [2.45, 2.75) is 57.8 Å². The second-order valence-electron chi connectivity index (χ2n) is 20.1. The number of hydrogen-bond acceptors (Lipinski definition) is 0. The Bertz CT molecular complexity index is 3660. The molecule has 0 radical (unpaired) electrons. The van der Waals surface area contributed by atoms with Crippen molar-refractivity contribution in [2.75, 3.05) is 0 Å². The molecule has 0 heteroatoms. The third-order valence-corrected chi connectivity index (χ3v) is 16.5. The summed E-state index contributed by atoms with van der Waals surface area (Å²) in [6.07, 6.45) is 4.02. The van der Waals surface area contributed by atoms with E-state index in [1.54, 1.807) is 0 Å². The molecule has 4 aliphatic carbocycles. The Morgan fingerprint density at radius 3 is 1.38 bits per heavy atom. The second kappa shape index (κ2) is 12.9. The standard InChI is InChI=1S/C65H50/c1-9-43-48-28-24-41(33-59(48)63(5,6)55(43)10-2)42-26-30-50-54-35-52-37(3)44-27-23-39(40-25-29-49-45-17-11-14-20-56(45)64(7,8)60(49)32-40)31-51(44)38(4)53(52)36-62(54)65(61(50)34-42)57-21-15-12-18-46(57)47-19-13-16-22-58(47)65/h9-36H,1-2H2,3-8H3. The van der Waals surface area contributed by atoms with Crippen LogP contribution in [-0.2, 0) is 16.2 Å². The van der Waals surface area contributed by atoms with Crippen LogP contribution in [0.3, 0.4) is 0 Å². The van der Waals surface area contributed by atoms with Crippen LogP contribution in [0.15, 0.2) is 189 Å². The van der Waals surface area contributed by atoms with E-state index >= 15 is 0 Å². The minimum Gasteiger partial charge on any atom is -0.0987 e. The molecule has 13 rings (SSSR count). The molecule has 310 valence electrons. The van der Waals surface area contributed by atoms with Gasteiger partial charge in [0.25, 0.3) is 0 Å². The minimum absolute atomic E-state index is 0.0475. The zero-order chi connectivity index (χ0) is 44.3. The van der Waals surface area contributed by atoms with E-state index in [1.807, 2.05) is 12.2 Å². The molecule has 0 fully saturated rings. The van der Waals surface area contributed by atoms with Crippen molar-refractivity contribution in [1.29, 1.82) is 0 Å². The molecule has 0 saturated heterocycles. The summed E-state index contributed by atoms with van der Waals surface area (Å²) < 4.78 is 0. The normalized spacial score (nSPS) is 16.0. The highest BCUT2D eigenvalue weighted by Gasteiger charge is 2.52. The molecular weight excluding hydrogens is 781 g/mol. The number of benzene rings is 9. The van der Waals surface area contributed by atoms with Crippen LogP contribution in [0.2, 0.25) is 0 Å². The van der Waals surface area contributed by atoms with Gasteiger partial charge in [0.1, 0.15) is 0 Å². The van der Waals surface area contributed by atoms with Gasteiger partial charge in [0.15, 0.2) is 0 Å². The van der Waals surface area contributed by atoms with Gasteiger partial charge in [-0.25, -0.2) is 0 Å². The van der Waals surface area contributed by atoms with Crippen LogP contribution in [0.1, 0.15) is 83.3 Å². The van der Waals surface area contributed by atoms with Gasteiger partial charge in [0, 0.05) is 10.8 Å². The van der Waals surface area contributed by atoms with Crippen LogP contribution >= 0.6 is 0 Å². The molecule has 0 bridgehead atoms. The molecule has 1 spiro atoms. The average Bonchev–Trinajstić information content (AvgIpc) is 3.96. The summed E-state index contributed by atoms with van der Waals surface area (Å²) in [5.41, 5.74) is 28.3. The molecule has 0 unspecified atom stereocenters. The molecule has 9 aromatic carbocycles. The fourth-order valence-corrected chi connectivity index (χ4v) is 13.2. The lowest BCUT2D eigenvalue weighted by Crippen LogP contribution is -2.26. The summed E-state index contributed by atoms with van der Waals surface area (Å²) in [6.45, 7) is 22.5. The smallest absolute Gasteiger partial charge is 0.0725 e. The summed E-state index contributed by atoms with van der Waals surface area (Å²) >= 11 is 0. The molecule has 0 N–H and O–H groups in total. The fraction of sp³-hybridized carbons (Fsp3) is 0.138. The Hall–Kier alpha value is -7.28. The van der Waals surface area contributed by atoms with Crippen LogP contribution in [0.4, 0.5) is 0 Å². The SMILES string of the molecule is C=CC1=C(C=C)C(C)(C)c2cc(-c3ccc4c(c3)C3(c5ccccc5-c5ccccc53)c3cc5c(C)c6cc(-c7ccc8c(c7)C(C)(C)c7ccccc7-8)ccc6c(C)c5cc3-4)ccc21. The van der Waals surface area contributed by atoms with E-state index in [-0.39, 0.29) is 10.8 Å². The van der Waals surface area contributed by atoms with Crippen molar-refractivity contribution >= 4 is 27.1 Å². The topological polar surface area (TPSA) is 0 Å². The van der Waals surface area contributed by atoms with E-state index in [4.69, 9.17) is 0 Å². The first-order valence-corrected chi connectivity index (χ1v) is 23.2. The molecule has 0 atom stereocenters. The maximum atomic E-state index is 4.21. The molecule has 0 amide bonds. The number of aryl methyl sites for hydroxylation is 2. The predicted octanol–water partition coefficient (Wildman–Crippen LogP) is 17.0. The van der Waals surface area contributed by atoms with E-state index < -0.39 is 5.41 Å². The van der Waals surface area contributed by atoms with E-state index in [1.165, 1.54) is 144 Å². The van der Waals surface area contributed by atoms with Crippen molar-refractivity contribution in [1.82, 2.24) is 0 Å². The first kappa shape index (κ1) is 38.2. The van der Waals surface area contributed by atoms with Gasteiger partial charge in [-0.2, -0.15) is 0 Å². The van der Waals surface area contributed by atoms with E-state index in [9.17, 15) is 0 Å². The zero-order valence-corrected chi connectivity index (χ0v) is 38.1. The van der Waals surface area contributed by atoms with Crippen LogP contribution in [0.25, 0.3) is 82.8 Å². The third kappa shape index (κ3) is 4.72. The van der Waals surface area contributed by atoms with Gasteiger partial charge in [0.05, 0.1) is 5.41 Å². The highest BCUT2D eigenvalue weighted by Crippen LogP contribution is 2.64. The molecular formula is C65H50. The molecule has 65 heavy (non-hydrogen) atoms. The molecule has 0 heterocycles. The third-order valence-electron chi connectivity index (χ3n) is 16.5. The lowest BCUT2D eigenvalue weighted by molar-refractivity contribution is 0.655. The molecule has 0 nitrogen and oxygen atoms in total. The van der Waals surface area contributed by atoms with Crippen molar-refractivity contribution in [3.63, 3.8) is 0 Å². The van der Waals surface area contributed by atoms with Crippen molar-refractivity contribution < 1.29 is 0 Å². The van der Waals surface area contributed by atoms with Crippen LogP contribution in [0.5, 0.6) is 0 Å². The van der Waals surface area contributed by atoms with E-state index in [0.29, 0.717) is 0 Å².